The standard InChI is InChI=1S/C22H23F2N3O3S2/c1-3-11-27-20(29)17-13-7-6-10-16(13)32-19(17)26-22(27)31-12(2)18(28)25-14-8-4-5-9-15(14)30-21(23)24/h4-5,8-9,12,21H,3,6-7,10-11H2,1-2H3,(H,25,28). The number of ether oxygens (including phenoxy) is 1. The zero-order chi connectivity index (χ0) is 22.8. The Morgan fingerprint density at radius 1 is 1.34 bits per heavy atom. The molecule has 1 N–H and O–H groups in total. The van der Waals surface area contributed by atoms with E-state index in [0.29, 0.717) is 11.7 Å². The first-order valence-corrected chi connectivity index (χ1v) is 12.1. The smallest absolute Gasteiger partial charge is 0.387 e. The van der Waals surface area contributed by atoms with Gasteiger partial charge in [0.1, 0.15) is 10.6 Å². The molecule has 0 bridgehead atoms. The minimum Gasteiger partial charge on any atom is -0.433 e. The molecule has 1 aliphatic rings. The number of amides is 1. The second-order valence-corrected chi connectivity index (χ2v) is 9.90. The van der Waals surface area contributed by atoms with Crippen molar-refractivity contribution < 1.29 is 18.3 Å². The number of carbonyl (C=O) groups is 1. The van der Waals surface area contributed by atoms with E-state index in [1.807, 2.05) is 6.92 Å². The molecular weight excluding hydrogens is 456 g/mol. The van der Waals surface area contributed by atoms with E-state index in [1.165, 1.54) is 28.8 Å². The number of aromatic nitrogens is 2. The maximum Gasteiger partial charge on any atom is 0.387 e. The summed E-state index contributed by atoms with van der Waals surface area (Å²) in [6.07, 6.45) is 3.70. The Labute approximate surface area is 192 Å². The first-order valence-electron chi connectivity index (χ1n) is 10.5. The topological polar surface area (TPSA) is 73.2 Å². The molecule has 0 saturated carbocycles. The molecule has 1 amide bonds. The molecule has 1 aromatic carbocycles. The fourth-order valence-corrected chi connectivity index (χ4v) is 6.02. The Kier molecular flexibility index (Phi) is 6.80. The molecule has 3 aromatic rings. The molecule has 1 atom stereocenters. The first-order chi connectivity index (χ1) is 15.4. The number of halogens is 2. The summed E-state index contributed by atoms with van der Waals surface area (Å²) in [6, 6.07) is 6.03. The van der Waals surface area contributed by atoms with E-state index in [1.54, 1.807) is 35.0 Å². The number of fused-ring (bicyclic) bond motifs is 3. The molecule has 2 aromatic heterocycles. The van der Waals surface area contributed by atoms with Gasteiger partial charge < -0.3 is 10.1 Å². The van der Waals surface area contributed by atoms with Gasteiger partial charge in [0.25, 0.3) is 5.56 Å². The SMILES string of the molecule is CCCn1c(SC(C)C(=O)Nc2ccccc2OC(F)F)nc2sc3c(c2c1=O)CCC3. The highest BCUT2D eigenvalue weighted by atomic mass is 32.2. The summed E-state index contributed by atoms with van der Waals surface area (Å²) in [5, 5.41) is 3.23. The van der Waals surface area contributed by atoms with Crippen molar-refractivity contribution in [2.75, 3.05) is 5.32 Å². The lowest BCUT2D eigenvalue weighted by Crippen LogP contribution is -2.27. The Bertz CT molecular complexity index is 1210. The largest absolute Gasteiger partial charge is 0.433 e. The van der Waals surface area contributed by atoms with Crippen molar-refractivity contribution in [3.8, 4) is 5.75 Å². The van der Waals surface area contributed by atoms with E-state index >= 15 is 0 Å². The zero-order valence-corrected chi connectivity index (χ0v) is 19.3. The normalized spacial score (nSPS) is 14.0. The van der Waals surface area contributed by atoms with Gasteiger partial charge in [0.2, 0.25) is 5.91 Å². The van der Waals surface area contributed by atoms with Gasteiger partial charge in [0.05, 0.1) is 16.3 Å². The number of thioether (sulfide) groups is 1. The number of anilines is 1. The molecule has 1 aliphatic carbocycles. The van der Waals surface area contributed by atoms with E-state index in [9.17, 15) is 18.4 Å². The summed E-state index contributed by atoms with van der Waals surface area (Å²) in [4.78, 5) is 32.8. The molecule has 0 saturated heterocycles. The fourth-order valence-electron chi connectivity index (χ4n) is 3.78. The lowest BCUT2D eigenvalue weighted by molar-refractivity contribution is -0.115. The highest BCUT2D eigenvalue weighted by Crippen LogP contribution is 2.36. The number of aryl methyl sites for hydroxylation is 2. The fraction of sp³-hybridized carbons (Fsp3) is 0.409. The third-order valence-electron chi connectivity index (χ3n) is 5.25. The molecule has 32 heavy (non-hydrogen) atoms. The van der Waals surface area contributed by atoms with Crippen LogP contribution in [0.15, 0.2) is 34.2 Å². The minimum absolute atomic E-state index is 0.0537. The number of nitrogens with zero attached hydrogens (tertiary/aromatic N) is 2. The van der Waals surface area contributed by atoms with Crippen LogP contribution in [0.25, 0.3) is 10.2 Å². The van der Waals surface area contributed by atoms with Crippen LogP contribution >= 0.6 is 23.1 Å². The van der Waals surface area contributed by atoms with Crippen LogP contribution in [0.4, 0.5) is 14.5 Å². The second-order valence-electron chi connectivity index (χ2n) is 7.51. The van der Waals surface area contributed by atoms with Crippen LogP contribution in [0, 0.1) is 0 Å². The summed E-state index contributed by atoms with van der Waals surface area (Å²) in [6.45, 7) is 1.19. The number of alkyl halides is 2. The maximum atomic E-state index is 13.3. The van der Waals surface area contributed by atoms with Crippen molar-refractivity contribution in [2.24, 2.45) is 0 Å². The van der Waals surface area contributed by atoms with Gasteiger partial charge in [-0.2, -0.15) is 8.78 Å². The third-order valence-corrected chi connectivity index (χ3v) is 7.53. The van der Waals surface area contributed by atoms with E-state index in [4.69, 9.17) is 4.98 Å². The Morgan fingerprint density at radius 3 is 2.88 bits per heavy atom. The molecule has 170 valence electrons. The number of rotatable bonds is 8. The molecule has 0 fully saturated rings. The van der Waals surface area contributed by atoms with Crippen LogP contribution < -0.4 is 15.6 Å². The Hall–Kier alpha value is -2.46. The summed E-state index contributed by atoms with van der Waals surface area (Å²) in [5.74, 6) is -0.505. The number of thiophene rings is 1. The lowest BCUT2D eigenvalue weighted by Gasteiger charge is -2.17. The predicted octanol–water partition coefficient (Wildman–Crippen LogP) is 5.08. The van der Waals surface area contributed by atoms with Crippen molar-refractivity contribution in [1.82, 2.24) is 9.55 Å². The average Bonchev–Trinajstić information content (AvgIpc) is 3.32. The van der Waals surface area contributed by atoms with Gasteiger partial charge in [-0.25, -0.2) is 4.98 Å². The molecule has 0 aliphatic heterocycles. The molecule has 0 radical (unpaired) electrons. The number of benzene rings is 1. The van der Waals surface area contributed by atoms with Crippen LogP contribution in [-0.4, -0.2) is 27.3 Å². The molecule has 10 heteroatoms. The molecular formula is C22H23F2N3O3S2. The molecule has 4 rings (SSSR count). The number of hydrogen-bond acceptors (Lipinski definition) is 6. The van der Waals surface area contributed by atoms with Crippen molar-refractivity contribution in [3.63, 3.8) is 0 Å². The van der Waals surface area contributed by atoms with Crippen LogP contribution in [0.5, 0.6) is 5.75 Å². The average molecular weight is 480 g/mol. The lowest BCUT2D eigenvalue weighted by atomic mass is 10.2. The number of hydrogen-bond donors (Lipinski definition) is 1. The van der Waals surface area contributed by atoms with Crippen LogP contribution in [0.2, 0.25) is 0 Å². The number of nitrogens with one attached hydrogen (secondary N) is 1. The quantitative estimate of drug-likeness (QED) is 0.360. The molecule has 1 unspecified atom stereocenters. The second kappa shape index (κ2) is 9.58. The van der Waals surface area contributed by atoms with E-state index in [0.717, 1.165) is 41.5 Å². The van der Waals surface area contributed by atoms with Gasteiger partial charge in [-0.1, -0.05) is 30.8 Å². The summed E-state index contributed by atoms with van der Waals surface area (Å²) in [7, 11) is 0. The summed E-state index contributed by atoms with van der Waals surface area (Å²) >= 11 is 2.75. The van der Waals surface area contributed by atoms with Crippen LogP contribution in [-0.2, 0) is 24.2 Å². The Balaban J connectivity index is 1.60. The van der Waals surface area contributed by atoms with Crippen molar-refractivity contribution in [1.29, 1.82) is 0 Å². The first kappa shape index (κ1) is 22.7. The van der Waals surface area contributed by atoms with Crippen molar-refractivity contribution in [3.05, 3.63) is 45.1 Å². The van der Waals surface area contributed by atoms with Gasteiger partial charge in [0.15, 0.2) is 5.16 Å². The molecule has 6 nitrogen and oxygen atoms in total. The van der Waals surface area contributed by atoms with E-state index < -0.39 is 17.8 Å². The van der Waals surface area contributed by atoms with Crippen molar-refractivity contribution in [2.45, 2.75) is 63.1 Å². The Morgan fingerprint density at radius 2 is 2.12 bits per heavy atom. The number of carbonyl (C=O) groups excluding carboxylic acids is 1. The predicted molar refractivity (Wildman–Crippen MR) is 123 cm³/mol. The zero-order valence-electron chi connectivity index (χ0n) is 17.7. The maximum absolute atomic E-state index is 13.3. The van der Waals surface area contributed by atoms with Gasteiger partial charge in [0, 0.05) is 11.4 Å². The van der Waals surface area contributed by atoms with Gasteiger partial charge in [-0.3, -0.25) is 14.2 Å². The monoisotopic (exact) mass is 479 g/mol. The van der Waals surface area contributed by atoms with E-state index in [-0.39, 0.29) is 17.0 Å². The minimum atomic E-state index is -2.99. The van der Waals surface area contributed by atoms with Crippen LogP contribution in [0.3, 0.4) is 0 Å². The van der Waals surface area contributed by atoms with Crippen molar-refractivity contribution >= 4 is 44.9 Å². The highest BCUT2D eigenvalue weighted by molar-refractivity contribution is 8.00. The van der Waals surface area contributed by atoms with Gasteiger partial charge in [-0.05, 0) is 50.3 Å². The summed E-state index contributed by atoms with van der Waals surface area (Å²) < 4.78 is 31.4. The van der Waals surface area contributed by atoms with E-state index in [2.05, 4.69) is 10.1 Å². The third kappa shape index (κ3) is 4.52. The van der Waals surface area contributed by atoms with Crippen LogP contribution in [0.1, 0.15) is 37.1 Å². The van der Waals surface area contributed by atoms with Gasteiger partial charge >= 0.3 is 6.61 Å². The number of para-hydroxylation sites is 2. The summed E-state index contributed by atoms with van der Waals surface area (Å²) in [5.41, 5.74) is 1.24. The molecule has 0 spiro atoms. The highest BCUT2D eigenvalue weighted by Gasteiger charge is 2.25. The van der Waals surface area contributed by atoms with Gasteiger partial charge in [-0.15, -0.1) is 11.3 Å². The molecule has 2 heterocycles.